The second-order valence-electron chi connectivity index (χ2n) is 7.62. The molecule has 2 aliphatic rings. The van der Waals surface area contributed by atoms with E-state index in [-0.39, 0.29) is 23.7 Å². The van der Waals surface area contributed by atoms with Crippen LogP contribution in [0.4, 0.5) is 0 Å². The molecule has 0 unspecified atom stereocenters. The van der Waals surface area contributed by atoms with Gasteiger partial charge in [-0.05, 0) is 42.9 Å². The van der Waals surface area contributed by atoms with Crippen LogP contribution in [-0.2, 0) is 17.6 Å². The monoisotopic (exact) mass is 382 g/mol. The Labute approximate surface area is 165 Å². The summed E-state index contributed by atoms with van der Waals surface area (Å²) in [5.74, 6) is 0.708. The number of carbonyl (C=O) groups excluding carboxylic acids is 1. The van der Waals surface area contributed by atoms with Gasteiger partial charge in [0.15, 0.2) is 0 Å². The number of rotatable bonds is 3. The van der Waals surface area contributed by atoms with Crippen LogP contribution in [0.25, 0.3) is 0 Å². The Balaban J connectivity index is 1.73. The van der Waals surface area contributed by atoms with Gasteiger partial charge in [0, 0.05) is 25.4 Å². The Kier molecular flexibility index (Phi) is 5.43. The highest BCUT2D eigenvalue weighted by Crippen LogP contribution is 2.39. The fraction of sp³-hybridized carbons (Fsp3) is 0.524. The maximum Gasteiger partial charge on any atom is 0.226 e. The molecule has 3 atom stereocenters. The molecule has 1 aromatic carbocycles. The first kappa shape index (κ1) is 18.4. The smallest absolute Gasteiger partial charge is 0.226 e. The fourth-order valence-electron chi connectivity index (χ4n) is 4.45. The third-order valence-corrected chi connectivity index (χ3v) is 6.60. The molecule has 2 heterocycles. The van der Waals surface area contributed by atoms with E-state index in [2.05, 4.69) is 41.4 Å². The maximum absolute atomic E-state index is 13.3. The molecular formula is C21H26N4OS. The molecule has 1 aliphatic carbocycles. The van der Waals surface area contributed by atoms with Gasteiger partial charge in [-0.1, -0.05) is 49.0 Å². The molecular weight excluding hydrogens is 356 g/mol. The quantitative estimate of drug-likeness (QED) is 0.602. The molecule has 1 aromatic heterocycles. The Morgan fingerprint density at radius 2 is 1.81 bits per heavy atom. The number of hydrogen-bond acceptors (Lipinski definition) is 5. The Morgan fingerprint density at radius 3 is 2.52 bits per heavy atom. The predicted octanol–water partition coefficient (Wildman–Crippen LogP) is 3.35. The molecule has 1 aliphatic heterocycles. The predicted molar refractivity (Wildman–Crippen MR) is 107 cm³/mol. The molecule has 0 radical (unpaired) electrons. The van der Waals surface area contributed by atoms with E-state index in [4.69, 9.17) is 4.98 Å². The van der Waals surface area contributed by atoms with Gasteiger partial charge in [-0.25, -0.2) is 4.98 Å². The van der Waals surface area contributed by atoms with Gasteiger partial charge in [0.2, 0.25) is 11.1 Å². The molecule has 2 aromatic rings. The van der Waals surface area contributed by atoms with Gasteiger partial charge >= 0.3 is 0 Å². The van der Waals surface area contributed by atoms with Crippen LogP contribution < -0.4 is 0 Å². The van der Waals surface area contributed by atoms with Crippen molar-refractivity contribution in [3.63, 3.8) is 0 Å². The van der Waals surface area contributed by atoms with Gasteiger partial charge in [0.1, 0.15) is 0 Å². The van der Waals surface area contributed by atoms with Crippen LogP contribution in [0.2, 0.25) is 0 Å². The van der Waals surface area contributed by atoms with Gasteiger partial charge in [0.25, 0.3) is 0 Å². The van der Waals surface area contributed by atoms with Crippen LogP contribution in [0.15, 0.2) is 35.5 Å². The van der Waals surface area contributed by atoms with Crippen molar-refractivity contribution in [1.82, 2.24) is 20.1 Å². The first-order valence-corrected chi connectivity index (χ1v) is 11.0. The molecule has 0 saturated carbocycles. The zero-order valence-corrected chi connectivity index (χ0v) is 16.8. The lowest BCUT2D eigenvalue weighted by molar-refractivity contribution is -0.136. The van der Waals surface area contributed by atoms with Gasteiger partial charge in [-0.15, -0.1) is 5.10 Å². The van der Waals surface area contributed by atoms with Crippen LogP contribution in [0.5, 0.6) is 0 Å². The third kappa shape index (κ3) is 3.72. The number of amides is 1. The summed E-state index contributed by atoms with van der Waals surface area (Å²) in [7, 11) is 0. The summed E-state index contributed by atoms with van der Waals surface area (Å²) in [5, 5.41) is 9.42. The Bertz CT molecular complexity index is 807. The molecule has 0 bridgehead atoms. The number of likely N-dealkylation sites (tertiary alicyclic amines) is 1. The second kappa shape index (κ2) is 7.97. The van der Waals surface area contributed by atoms with E-state index in [9.17, 15) is 4.79 Å². The van der Waals surface area contributed by atoms with Crippen molar-refractivity contribution in [1.29, 1.82) is 0 Å². The molecule has 1 fully saturated rings. The van der Waals surface area contributed by atoms with Crippen LogP contribution in [-0.4, -0.2) is 45.3 Å². The molecule has 142 valence electrons. The minimum Gasteiger partial charge on any atom is -0.342 e. The molecule has 4 rings (SSSR count). The Hall–Kier alpha value is -1.95. The number of hydrogen-bond donors (Lipinski definition) is 0. The van der Waals surface area contributed by atoms with Crippen molar-refractivity contribution >= 4 is 17.7 Å². The average Bonchev–Trinajstić information content (AvgIpc) is 3.20. The average molecular weight is 383 g/mol. The number of thioether (sulfide) groups is 1. The number of nitrogens with zero attached hydrogens (tertiary/aromatic N) is 4. The topological polar surface area (TPSA) is 59.0 Å². The van der Waals surface area contributed by atoms with E-state index >= 15 is 0 Å². The normalized spacial score (nSPS) is 25.1. The van der Waals surface area contributed by atoms with E-state index in [1.807, 2.05) is 17.2 Å². The van der Waals surface area contributed by atoms with E-state index in [0.717, 1.165) is 43.7 Å². The van der Waals surface area contributed by atoms with Crippen LogP contribution in [0.1, 0.15) is 42.6 Å². The van der Waals surface area contributed by atoms with Gasteiger partial charge in [-0.3, -0.25) is 4.79 Å². The highest BCUT2D eigenvalue weighted by molar-refractivity contribution is 7.98. The number of benzene rings is 1. The lowest BCUT2D eigenvalue weighted by Gasteiger charge is -2.30. The van der Waals surface area contributed by atoms with E-state index in [1.54, 1.807) is 0 Å². The maximum atomic E-state index is 13.3. The van der Waals surface area contributed by atoms with Crippen LogP contribution in [0.3, 0.4) is 0 Å². The summed E-state index contributed by atoms with van der Waals surface area (Å²) < 4.78 is 0. The minimum atomic E-state index is -0.0641. The van der Waals surface area contributed by atoms with Crippen molar-refractivity contribution in [3.05, 3.63) is 47.3 Å². The summed E-state index contributed by atoms with van der Waals surface area (Å²) in [6.07, 6.45) is 5.66. The van der Waals surface area contributed by atoms with Gasteiger partial charge in [0.05, 0.1) is 11.4 Å². The molecule has 27 heavy (non-hydrogen) atoms. The molecule has 1 amide bonds. The van der Waals surface area contributed by atoms with Crippen molar-refractivity contribution in [2.45, 2.75) is 43.7 Å². The standard InChI is InChI=1S/C21H26N4OS/c1-14-16(15-8-4-3-5-9-15)12-18-19(23-24-21(22-18)27-2)13-17(14)20(26)25-10-6-7-11-25/h3-5,8-9,14,16-17H,6-7,10-13H2,1-2H3/t14-,16+,17+/m1/s1. The summed E-state index contributed by atoms with van der Waals surface area (Å²) in [4.78, 5) is 20.1. The summed E-state index contributed by atoms with van der Waals surface area (Å²) in [6.45, 7) is 4.01. The number of aromatic nitrogens is 3. The first-order valence-electron chi connectivity index (χ1n) is 9.77. The largest absolute Gasteiger partial charge is 0.342 e. The highest BCUT2D eigenvalue weighted by Gasteiger charge is 2.39. The molecule has 5 nitrogen and oxygen atoms in total. The second-order valence-corrected chi connectivity index (χ2v) is 8.39. The highest BCUT2D eigenvalue weighted by atomic mass is 32.2. The molecule has 6 heteroatoms. The van der Waals surface area contributed by atoms with E-state index < -0.39 is 0 Å². The van der Waals surface area contributed by atoms with Gasteiger partial charge in [-0.2, -0.15) is 5.10 Å². The van der Waals surface area contributed by atoms with Crippen molar-refractivity contribution in [2.75, 3.05) is 19.3 Å². The lowest BCUT2D eigenvalue weighted by Crippen LogP contribution is -2.39. The minimum absolute atomic E-state index is 0.0641. The molecule has 0 spiro atoms. The van der Waals surface area contributed by atoms with Crippen LogP contribution >= 0.6 is 11.8 Å². The molecule has 0 N–H and O–H groups in total. The number of fused-ring (bicyclic) bond motifs is 1. The summed E-state index contributed by atoms with van der Waals surface area (Å²) in [6, 6.07) is 10.6. The SMILES string of the molecule is CSc1nnc2c(n1)C[C@H](c1ccccc1)[C@@H](C)[C@@H](C(=O)N1CCCC1)C2. The van der Waals surface area contributed by atoms with E-state index in [0.29, 0.717) is 11.6 Å². The van der Waals surface area contributed by atoms with Crippen LogP contribution in [0, 0.1) is 11.8 Å². The lowest BCUT2D eigenvalue weighted by atomic mass is 9.77. The summed E-state index contributed by atoms with van der Waals surface area (Å²) >= 11 is 1.51. The van der Waals surface area contributed by atoms with E-state index in [1.165, 1.54) is 17.3 Å². The zero-order chi connectivity index (χ0) is 18.8. The fourth-order valence-corrected chi connectivity index (χ4v) is 4.77. The van der Waals surface area contributed by atoms with Crippen molar-refractivity contribution in [2.24, 2.45) is 11.8 Å². The number of carbonyl (C=O) groups is 1. The molecule has 1 saturated heterocycles. The first-order chi connectivity index (χ1) is 13.2. The van der Waals surface area contributed by atoms with Gasteiger partial charge < -0.3 is 4.90 Å². The Morgan fingerprint density at radius 1 is 1.07 bits per heavy atom. The third-order valence-electron chi connectivity index (χ3n) is 6.06. The van der Waals surface area contributed by atoms with Crippen molar-refractivity contribution < 1.29 is 4.79 Å². The summed E-state index contributed by atoms with van der Waals surface area (Å²) in [5.41, 5.74) is 3.18. The van der Waals surface area contributed by atoms with Crippen molar-refractivity contribution in [3.8, 4) is 0 Å². The zero-order valence-electron chi connectivity index (χ0n) is 16.0.